The van der Waals surface area contributed by atoms with Crippen LogP contribution in [0.25, 0.3) is 0 Å². The summed E-state index contributed by atoms with van der Waals surface area (Å²) in [4.78, 5) is 36.3. The number of benzene rings is 2. The Kier molecular flexibility index (Phi) is 9.69. The van der Waals surface area contributed by atoms with Gasteiger partial charge in [0, 0.05) is 10.6 Å². The first kappa shape index (κ1) is 24.9. The molecule has 2 aromatic carbocycles. The van der Waals surface area contributed by atoms with Gasteiger partial charge < -0.3 is 14.8 Å². The molecule has 0 aromatic heterocycles. The maximum absolute atomic E-state index is 12.6. The molecule has 8 nitrogen and oxygen atoms in total. The van der Waals surface area contributed by atoms with Gasteiger partial charge in [0.1, 0.15) is 11.8 Å². The second kappa shape index (κ2) is 12.5. The number of ether oxygens (including phenoxy) is 2. The third-order valence-corrected chi connectivity index (χ3v) is 4.52. The SMILES string of the molecule is COC(=O)COc1cccc(/C=N/NC(=O)C(CC(C)C)NC(=O)c2ccc(Cl)cc2)c1. The van der Waals surface area contributed by atoms with E-state index in [9.17, 15) is 14.4 Å². The summed E-state index contributed by atoms with van der Waals surface area (Å²) in [7, 11) is 1.28. The number of nitrogens with one attached hydrogen (secondary N) is 2. The molecule has 0 spiro atoms. The van der Waals surface area contributed by atoms with Crippen molar-refractivity contribution in [2.24, 2.45) is 11.0 Å². The molecule has 0 aliphatic carbocycles. The molecule has 32 heavy (non-hydrogen) atoms. The molecule has 0 bridgehead atoms. The highest BCUT2D eigenvalue weighted by atomic mass is 35.5. The topological polar surface area (TPSA) is 106 Å². The zero-order chi connectivity index (χ0) is 23.5. The lowest BCUT2D eigenvalue weighted by Crippen LogP contribution is -2.46. The van der Waals surface area contributed by atoms with E-state index in [0.717, 1.165) is 0 Å². The summed E-state index contributed by atoms with van der Waals surface area (Å²) in [6.45, 7) is 3.70. The Morgan fingerprint density at radius 2 is 1.84 bits per heavy atom. The lowest BCUT2D eigenvalue weighted by Gasteiger charge is -2.19. The van der Waals surface area contributed by atoms with E-state index in [1.807, 2.05) is 13.8 Å². The third kappa shape index (κ3) is 8.39. The molecule has 0 aliphatic heterocycles. The molecule has 170 valence electrons. The van der Waals surface area contributed by atoms with Crippen LogP contribution in [0.4, 0.5) is 0 Å². The van der Waals surface area contributed by atoms with Crippen LogP contribution in [0.5, 0.6) is 5.75 Å². The van der Waals surface area contributed by atoms with Crippen molar-refractivity contribution in [1.29, 1.82) is 0 Å². The summed E-state index contributed by atoms with van der Waals surface area (Å²) in [6, 6.07) is 12.5. The average Bonchev–Trinajstić information content (AvgIpc) is 2.77. The van der Waals surface area contributed by atoms with Crippen molar-refractivity contribution in [3.63, 3.8) is 0 Å². The Balaban J connectivity index is 1.99. The van der Waals surface area contributed by atoms with Crippen LogP contribution in [-0.2, 0) is 14.3 Å². The van der Waals surface area contributed by atoms with Crippen molar-refractivity contribution >= 4 is 35.6 Å². The number of hydrazone groups is 1. The van der Waals surface area contributed by atoms with Crippen LogP contribution in [0, 0.1) is 5.92 Å². The molecule has 0 saturated heterocycles. The number of hydrogen-bond donors (Lipinski definition) is 2. The molecule has 9 heteroatoms. The highest BCUT2D eigenvalue weighted by molar-refractivity contribution is 6.30. The third-order valence-electron chi connectivity index (χ3n) is 4.27. The largest absolute Gasteiger partial charge is 0.482 e. The minimum atomic E-state index is -0.759. The first-order valence-corrected chi connectivity index (χ1v) is 10.3. The lowest BCUT2D eigenvalue weighted by molar-refractivity contribution is -0.142. The Hall–Kier alpha value is -3.39. The van der Waals surface area contributed by atoms with Crippen LogP contribution in [0.15, 0.2) is 53.6 Å². The van der Waals surface area contributed by atoms with Gasteiger partial charge in [-0.1, -0.05) is 37.6 Å². The first-order chi connectivity index (χ1) is 15.3. The van der Waals surface area contributed by atoms with Gasteiger partial charge >= 0.3 is 5.97 Å². The molecule has 2 aromatic rings. The smallest absolute Gasteiger partial charge is 0.343 e. The summed E-state index contributed by atoms with van der Waals surface area (Å²) in [5, 5.41) is 7.24. The lowest BCUT2D eigenvalue weighted by atomic mass is 10.0. The molecule has 1 atom stereocenters. The maximum atomic E-state index is 12.6. The fraction of sp³-hybridized carbons (Fsp3) is 0.304. The Morgan fingerprint density at radius 3 is 2.50 bits per heavy atom. The summed E-state index contributed by atoms with van der Waals surface area (Å²) < 4.78 is 9.85. The zero-order valence-electron chi connectivity index (χ0n) is 18.1. The van der Waals surface area contributed by atoms with Gasteiger partial charge in [-0.3, -0.25) is 9.59 Å². The zero-order valence-corrected chi connectivity index (χ0v) is 18.9. The van der Waals surface area contributed by atoms with Gasteiger partial charge in [0.15, 0.2) is 6.61 Å². The van der Waals surface area contributed by atoms with Crippen LogP contribution in [0.3, 0.4) is 0 Å². The minimum absolute atomic E-state index is 0.170. The van der Waals surface area contributed by atoms with E-state index in [0.29, 0.717) is 28.3 Å². The second-order valence-electron chi connectivity index (χ2n) is 7.33. The van der Waals surface area contributed by atoms with E-state index in [1.54, 1.807) is 48.5 Å². The summed E-state index contributed by atoms with van der Waals surface area (Å²) in [5.41, 5.74) is 3.52. The van der Waals surface area contributed by atoms with Crippen molar-refractivity contribution in [3.05, 3.63) is 64.7 Å². The van der Waals surface area contributed by atoms with Crippen LogP contribution in [-0.4, -0.2) is 43.8 Å². The van der Waals surface area contributed by atoms with E-state index in [2.05, 4.69) is 20.6 Å². The Labute approximate surface area is 191 Å². The fourth-order valence-corrected chi connectivity index (χ4v) is 2.81. The number of hydrogen-bond acceptors (Lipinski definition) is 6. The van der Waals surface area contributed by atoms with E-state index in [1.165, 1.54) is 13.3 Å². The average molecular weight is 460 g/mol. The number of carbonyl (C=O) groups is 3. The summed E-state index contributed by atoms with van der Waals surface area (Å²) in [6.07, 6.45) is 1.88. The molecule has 0 fully saturated rings. The quantitative estimate of drug-likeness (QED) is 0.322. The molecule has 0 heterocycles. The molecular weight excluding hydrogens is 434 g/mol. The molecule has 2 rings (SSSR count). The molecule has 0 aliphatic rings. The van der Waals surface area contributed by atoms with Gasteiger partial charge in [0.25, 0.3) is 11.8 Å². The molecule has 0 radical (unpaired) electrons. The number of carbonyl (C=O) groups excluding carboxylic acids is 3. The summed E-state index contributed by atoms with van der Waals surface area (Å²) >= 11 is 5.86. The molecule has 2 amide bonds. The number of esters is 1. The number of nitrogens with zero attached hydrogens (tertiary/aromatic N) is 1. The van der Waals surface area contributed by atoms with Gasteiger partial charge in [0.2, 0.25) is 0 Å². The van der Waals surface area contributed by atoms with Gasteiger partial charge in [-0.2, -0.15) is 5.10 Å². The molecule has 1 unspecified atom stereocenters. The van der Waals surface area contributed by atoms with Gasteiger partial charge in [0.05, 0.1) is 13.3 Å². The number of methoxy groups -OCH3 is 1. The van der Waals surface area contributed by atoms with Crippen molar-refractivity contribution in [2.75, 3.05) is 13.7 Å². The Morgan fingerprint density at radius 1 is 1.12 bits per heavy atom. The van der Waals surface area contributed by atoms with Crippen molar-refractivity contribution in [1.82, 2.24) is 10.7 Å². The predicted molar refractivity (Wildman–Crippen MR) is 122 cm³/mol. The fourth-order valence-electron chi connectivity index (χ4n) is 2.68. The van der Waals surface area contributed by atoms with E-state index < -0.39 is 17.9 Å². The van der Waals surface area contributed by atoms with Crippen LogP contribution < -0.4 is 15.5 Å². The highest BCUT2D eigenvalue weighted by Crippen LogP contribution is 2.13. The van der Waals surface area contributed by atoms with Crippen LogP contribution in [0.2, 0.25) is 5.02 Å². The summed E-state index contributed by atoms with van der Waals surface area (Å²) in [5.74, 6) is -0.673. The van der Waals surface area contributed by atoms with Gasteiger partial charge in [-0.25, -0.2) is 10.2 Å². The van der Waals surface area contributed by atoms with Crippen molar-refractivity contribution < 1.29 is 23.9 Å². The van der Waals surface area contributed by atoms with Crippen LogP contribution >= 0.6 is 11.6 Å². The minimum Gasteiger partial charge on any atom is -0.482 e. The number of rotatable bonds is 10. The van der Waals surface area contributed by atoms with E-state index in [4.69, 9.17) is 16.3 Å². The van der Waals surface area contributed by atoms with Gasteiger partial charge in [-0.05, 0) is 54.3 Å². The monoisotopic (exact) mass is 459 g/mol. The molecule has 2 N–H and O–H groups in total. The maximum Gasteiger partial charge on any atom is 0.343 e. The Bertz CT molecular complexity index is 960. The van der Waals surface area contributed by atoms with E-state index >= 15 is 0 Å². The van der Waals surface area contributed by atoms with Crippen LogP contribution in [0.1, 0.15) is 36.2 Å². The molecular formula is C23H26ClN3O5. The van der Waals surface area contributed by atoms with Crippen molar-refractivity contribution in [2.45, 2.75) is 26.3 Å². The predicted octanol–water partition coefficient (Wildman–Crippen LogP) is 3.19. The van der Waals surface area contributed by atoms with E-state index in [-0.39, 0.29) is 18.4 Å². The standard InChI is InChI=1S/C23H26ClN3O5/c1-15(2)11-20(26-22(29)17-7-9-18(24)10-8-17)23(30)27-25-13-16-5-4-6-19(12-16)32-14-21(28)31-3/h4-10,12-13,15,20H,11,14H2,1-3H3,(H,26,29)(H,27,30)/b25-13+. The number of amides is 2. The van der Waals surface area contributed by atoms with Crippen molar-refractivity contribution in [3.8, 4) is 5.75 Å². The molecule has 0 saturated carbocycles. The highest BCUT2D eigenvalue weighted by Gasteiger charge is 2.22. The number of halogens is 1. The second-order valence-corrected chi connectivity index (χ2v) is 7.77. The van der Waals surface area contributed by atoms with Gasteiger partial charge in [-0.15, -0.1) is 0 Å². The normalized spacial score (nSPS) is 11.8. The first-order valence-electron chi connectivity index (χ1n) is 9.97.